The second kappa shape index (κ2) is 6.55. The predicted octanol–water partition coefficient (Wildman–Crippen LogP) is 3.17. The molecule has 1 saturated carbocycles. The van der Waals surface area contributed by atoms with E-state index in [1.165, 1.54) is 25.7 Å². The van der Waals surface area contributed by atoms with E-state index in [1.807, 2.05) is 31.8 Å². The third kappa shape index (κ3) is 3.16. The number of pyridine rings is 1. The molecule has 0 radical (unpaired) electrons. The smallest absolute Gasteiger partial charge is 0.243 e. The Hall–Kier alpha value is -2.28. The summed E-state index contributed by atoms with van der Waals surface area (Å²) >= 11 is 0. The topological polar surface area (TPSA) is 81.7 Å². The number of hydrogen-bond donors (Lipinski definition) is 1. The highest BCUT2D eigenvalue weighted by molar-refractivity contribution is 5.78. The summed E-state index contributed by atoms with van der Waals surface area (Å²) in [4.78, 5) is 9.12. The molecule has 3 heterocycles. The van der Waals surface area contributed by atoms with Gasteiger partial charge in [0.15, 0.2) is 11.5 Å². The third-order valence-electron chi connectivity index (χ3n) is 5.08. The van der Waals surface area contributed by atoms with Crippen LogP contribution >= 0.6 is 0 Å². The molecule has 1 fully saturated rings. The molecule has 0 aliphatic heterocycles. The zero-order valence-corrected chi connectivity index (χ0v) is 15.0. The Morgan fingerprint density at radius 3 is 2.96 bits per heavy atom. The van der Waals surface area contributed by atoms with Crippen LogP contribution in [0.4, 0.5) is 0 Å². The van der Waals surface area contributed by atoms with E-state index in [-0.39, 0.29) is 6.04 Å². The maximum Gasteiger partial charge on any atom is 0.243 e. The van der Waals surface area contributed by atoms with Crippen molar-refractivity contribution in [3.05, 3.63) is 35.2 Å². The van der Waals surface area contributed by atoms with Gasteiger partial charge >= 0.3 is 0 Å². The van der Waals surface area contributed by atoms with Crippen LogP contribution in [-0.4, -0.2) is 24.9 Å². The molecule has 25 heavy (non-hydrogen) atoms. The molecule has 1 unspecified atom stereocenters. The largest absolute Gasteiger partial charge is 0.338 e. The van der Waals surface area contributed by atoms with Crippen LogP contribution in [0.15, 0.2) is 16.8 Å². The lowest BCUT2D eigenvalue weighted by Gasteiger charge is -2.09. The Balaban J connectivity index is 1.43. The Bertz CT molecular complexity index is 877. The molecule has 3 aromatic heterocycles. The molecule has 0 spiro atoms. The molecule has 0 aromatic carbocycles. The fourth-order valence-corrected chi connectivity index (χ4v) is 3.58. The average Bonchev–Trinajstić information content (AvgIpc) is 3.33. The first-order valence-electron chi connectivity index (χ1n) is 8.97. The van der Waals surface area contributed by atoms with E-state index in [9.17, 15) is 0 Å². The van der Waals surface area contributed by atoms with Gasteiger partial charge in [0.2, 0.25) is 5.89 Å². The molecule has 1 aliphatic rings. The maximum absolute atomic E-state index is 5.47. The van der Waals surface area contributed by atoms with Crippen molar-refractivity contribution in [3.8, 4) is 0 Å². The Labute approximate surface area is 146 Å². The van der Waals surface area contributed by atoms with Crippen molar-refractivity contribution in [1.29, 1.82) is 0 Å². The van der Waals surface area contributed by atoms with E-state index in [0.717, 1.165) is 28.1 Å². The van der Waals surface area contributed by atoms with Crippen LogP contribution in [0, 0.1) is 6.92 Å². The van der Waals surface area contributed by atoms with Gasteiger partial charge < -0.3 is 9.84 Å². The minimum absolute atomic E-state index is 0.00773. The van der Waals surface area contributed by atoms with E-state index in [0.29, 0.717) is 18.4 Å². The standard InChI is InChI=1S/C18H24N6O/c1-11-15-8-13(10-20-17(15)24(3)22-11)9-19-12(2)18-21-16(23-25-18)14-6-4-5-7-14/h8,10,12,14,19H,4-7,9H2,1-3H3. The average molecular weight is 340 g/mol. The van der Waals surface area contributed by atoms with Gasteiger partial charge in [-0.15, -0.1) is 0 Å². The molecule has 7 nitrogen and oxygen atoms in total. The summed E-state index contributed by atoms with van der Waals surface area (Å²) in [5, 5.41) is 13.1. The normalized spacial score (nSPS) is 16.8. The molecule has 132 valence electrons. The second-order valence-corrected chi connectivity index (χ2v) is 7.00. The summed E-state index contributed by atoms with van der Waals surface area (Å²) in [5.74, 6) is 2.01. The number of nitrogens with one attached hydrogen (secondary N) is 1. The van der Waals surface area contributed by atoms with E-state index in [2.05, 4.69) is 31.6 Å². The first-order chi connectivity index (χ1) is 12.1. The van der Waals surface area contributed by atoms with Crippen molar-refractivity contribution in [2.75, 3.05) is 0 Å². The summed E-state index contributed by atoms with van der Waals surface area (Å²) < 4.78 is 7.28. The fraction of sp³-hybridized carbons (Fsp3) is 0.556. The fourth-order valence-electron chi connectivity index (χ4n) is 3.58. The van der Waals surface area contributed by atoms with Gasteiger partial charge in [-0.3, -0.25) is 4.68 Å². The van der Waals surface area contributed by atoms with Gasteiger partial charge in [-0.05, 0) is 38.3 Å². The Morgan fingerprint density at radius 2 is 2.16 bits per heavy atom. The lowest BCUT2D eigenvalue weighted by molar-refractivity contribution is 0.334. The molecule has 7 heteroatoms. The molecular formula is C18H24N6O. The van der Waals surface area contributed by atoms with E-state index in [1.54, 1.807) is 0 Å². The summed E-state index contributed by atoms with van der Waals surface area (Å²) in [6, 6.07) is 2.15. The van der Waals surface area contributed by atoms with Crippen molar-refractivity contribution in [2.45, 2.75) is 58.0 Å². The van der Waals surface area contributed by atoms with Crippen LogP contribution in [0.3, 0.4) is 0 Å². The van der Waals surface area contributed by atoms with Gasteiger partial charge in [-0.1, -0.05) is 18.0 Å². The van der Waals surface area contributed by atoms with Crippen LogP contribution in [0.1, 0.15) is 67.5 Å². The van der Waals surface area contributed by atoms with Crippen LogP contribution < -0.4 is 5.32 Å². The third-order valence-corrected chi connectivity index (χ3v) is 5.08. The maximum atomic E-state index is 5.47. The number of nitrogens with zero attached hydrogens (tertiary/aromatic N) is 5. The van der Waals surface area contributed by atoms with Crippen molar-refractivity contribution >= 4 is 11.0 Å². The van der Waals surface area contributed by atoms with E-state index < -0.39 is 0 Å². The highest BCUT2D eigenvalue weighted by atomic mass is 16.5. The summed E-state index contributed by atoms with van der Waals surface area (Å²) in [6.07, 6.45) is 6.78. The number of rotatable bonds is 5. The molecule has 0 amide bonds. The van der Waals surface area contributed by atoms with Gasteiger partial charge in [0, 0.05) is 31.1 Å². The predicted molar refractivity (Wildman–Crippen MR) is 94.0 cm³/mol. The number of fused-ring (bicyclic) bond motifs is 1. The zero-order chi connectivity index (χ0) is 17.4. The number of hydrogen-bond acceptors (Lipinski definition) is 6. The Morgan fingerprint density at radius 1 is 1.36 bits per heavy atom. The molecule has 1 N–H and O–H groups in total. The SMILES string of the molecule is Cc1nn(C)c2ncc(CNC(C)c3nc(C4CCCC4)no3)cc12. The highest BCUT2D eigenvalue weighted by Crippen LogP contribution is 2.32. The molecular weight excluding hydrogens is 316 g/mol. The highest BCUT2D eigenvalue weighted by Gasteiger charge is 2.23. The minimum atomic E-state index is 0.00773. The minimum Gasteiger partial charge on any atom is -0.338 e. The zero-order valence-electron chi connectivity index (χ0n) is 15.0. The molecule has 1 atom stereocenters. The first kappa shape index (κ1) is 16.2. The van der Waals surface area contributed by atoms with Crippen molar-refractivity contribution in [3.63, 3.8) is 0 Å². The first-order valence-corrected chi connectivity index (χ1v) is 8.97. The van der Waals surface area contributed by atoms with E-state index >= 15 is 0 Å². The van der Waals surface area contributed by atoms with Crippen LogP contribution in [0.2, 0.25) is 0 Å². The van der Waals surface area contributed by atoms with Gasteiger partial charge in [-0.2, -0.15) is 10.1 Å². The molecule has 1 aliphatic carbocycles. The summed E-state index contributed by atoms with van der Waals surface area (Å²) in [6.45, 7) is 4.75. The van der Waals surface area contributed by atoms with Crippen molar-refractivity contribution in [1.82, 2.24) is 30.2 Å². The summed E-state index contributed by atoms with van der Waals surface area (Å²) in [5.41, 5.74) is 3.02. The van der Waals surface area contributed by atoms with Gasteiger partial charge in [0.05, 0.1) is 11.7 Å². The van der Waals surface area contributed by atoms with Gasteiger partial charge in [-0.25, -0.2) is 4.98 Å². The Kier molecular flexibility index (Phi) is 4.25. The van der Waals surface area contributed by atoms with Crippen LogP contribution in [0.5, 0.6) is 0 Å². The monoisotopic (exact) mass is 340 g/mol. The quantitative estimate of drug-likeness (QED) is 0.768. The molecule has 0 bridgehead atoms. The molecule has 4 rings (SSSR count). The number of aromatic nitrogens is 5. The summed E-state index contributed by atoms with van der Waals surface area (Å²) in [7, 11) is 1.92. The van der Waals surface area contributed by atoms with Crippen molar-refractivity contribution in [2.24, 2.45) is 7.05 Å². The van der Waals surface area contributed by atoms with Gasteiger partial charge in [0.1, 0.15) is 0 Å². The lowest BCUT2D eigenvalue weighted by atomic mass is 10.1. The van der Waals surface area contributed by atoms with Crippen LogP contribution in [0.25, 0.3) is 11.0 Å². The number of aryl methyl sites for hydroxylation is 2. The van der Waals surface area contributed by atoms with Crippen LogP contribution in [-0.2, 0) is 13.6 Å². The van der Waals surface area contributed by atoms with Crippen molar-refractivity contribution < 1.29 is 4.52 Å². The molecule has 3 aromatic rings. The lowest BCUT2D eigenvalue weighted by Crippen LogP contribution is -2.18. The van der Waals surface area contributed by atoms with Gasteiger partial charge in [0.25, 0.3) is 0 Å². The van der Waals surface area contributed by atoms with E-state index in [4.69, 9.17) is 4.52 Å². The second-order valence-electron chi connectivity index (χ2n) is 7.00. The molecule has 0 saturated heterocycles.